The summed E-state index contributed by atoms with van der Waals surface area (Å²) >= 11 is 0. The molecule has 20 heavy (non-hydrogen) atoms. The van der Waals surface area contributed by atoms with Gasteiger partial charge in [0.1, 0.15) is 0 Å². The average Bonchev–Trinajstić information content (AvgIpc) is 2.52. The Morgan fingerprint density at radius 1 is 1.05 bits per heavy atom. The molecular formula is C16H26N2O2. The van der Waals surface area contributed by atoms with E-state index >= 15 is 0 Å². The van der Waals surface area contributed by atoms with Gasteiger partial charge in [-0.2, -0.15) is 0 Å². The van der Waals surface area contributed by atoms with Crippen molar-refractivity contribution in [3.05, 3.63) is 30.3 Å². The summed E-state index contributed by atoms with van der Waals surface area (Å²) in [6, 6.07) is 10.6. The Morgan fingerprint density at radius 3 is 2.50 bits per heavy atom. The first-order chi connectivity index (χ1) is 9.90. The number of aliphatic hydroxyl groups excluding tert-OH is 1. The van der Waals surface area contributed by atoms with E-state index in [-0.39, 0.29) is 6.61 Å². The molecule has 1 aromatic carbocycles. The molecule has 4 heteroatoms. The third kappa shape index (κ3) is 5.12. The van der Waals surface area contributed by atoms with Gasteiger partial charge in [-0.15, -0.1) is 0 Å². The zero-order valence-corrected chi connectivity index (χ0v) is 12.2. The zero-order chi connectivity index (χ0) is 14.0. The van der Waals surface area contributed by atoms with E-state index in [0.29, 0.717) is 0 Å². The van der Waals surface area contributed by atoms with Crippen molar-refractivity contribution in [1.29, 1.82) is 0 Å². The van der Waals surface area contributed by atoms with Crippen molar-refractivity contribution in [2.75, 3.05) is 57.4 Å². The lowest BCUT2D eigenvalue weighted by Crippen LogP contribution is -2.41. The molecule has 1 N–H and O–H groups in total. The maximum atomic E-state index is 8.94. The molecule has 112 valence electrons. The van der Waals surface area contributed by atoms with Gasteiger partial charge in [0.05, 0.1) is 13.2 Å². The number of hydrogen-bond acceptors (Lipinski definition) is 4. The fraction of sp³-hybridized carbons (Fsp3) is 0.625. The van der Waals surface area contributed by atoms with Crippen LogP contribution in [0.5, 0.6) is 0 Å². The molecule has 0 amide bonds. The molecular weight excluding hydrogens is 252 g/mol. The molecule has 0 aromatic heterocycles. The molecule has 0 aliphatic carbocycles. The molecule has 1 aliphatic rings. The van der Waals surface area contributed by atoms with Gasteiger partial charge in [-0.3, -0.25) is 4.90 Å². The lowest BCUT2D eigenvalue weighted by molar-refractivity contribution is 0.0391. The van der Waals surface area contributed by atoms with Gasteiger partial charge in [0, 0.05) is 45.0 Å². The van der Waals surface area contributed by atoms with Crippen molar-refractivity contribution >= 4 is 5.69 Å². The van der Waals surface area contributed by atoms with Crippen LogP contribution in [0.3, 0.4) is 0 Å². The van der Waals surface area contributed by atoms with Crippen molar-refractivity contribution in [1.82, 2.24) is 4.90 Å². The Bertz CT molecular complexity index is 353. The number of ether oxygens (including phenoxy) is 1. The smallest absolute Gasteiger partial charge is 0.0594 e. The van der Waals surface area contributed by atoms with Crippen molar-refractivity contribution in [3.63, 3.8) is 0 Å². The monoisotopic (exact) mass is 278 g/mol. The molecule has 2 rings (SSSR count). The Morgan fingerprint density at radius 2 is 1.80 bits per heavy atom. The van der Waals surface area contributed by atoms with Gasteiger partial charge in [-0.1, -0.05) is 18.2 Å². The molecule has 0 bridgehead atoms. The van der Waals surface area contributed by atoms with Gasteiger partial charge in [0.2, 0.25) is 0 Å². The third-order valence-corrected chi connectivity index (χ3v) is 3.75. The molecule has 1 aliphatic heterocycles. The SMILES string of the molecule is OCCCCN(CCN1CCOCC1)c1ccccc1. The summed E-state index contributed by atoms with van der Waals surface area (Å²) in [4.78, 5) is 4.89. The van der Waals surface area contributed by atoms with Crippen LogP contribution in [0.1, 0.15) is 12.8 Å². The molecule has 1 fully saturated rings. The molecule has 1 aromatic rings. The first-order valence-corrected chi connectivity index (χ1v) is 7.61. The number of hydrogen-bond donors (Lipinski definition) is 1. The van der Waals surface area contributed by atoms with E-state index in [9.17, 15) is 0 Å². The number of nitrogens with zero attached hydrogens (tertiary/aromatic N) is 2. The number of para-hydroxylation sites is 1. The van der Waals surface area contributed by atoms with Crippen LogP contribution in [0.4, 0.5) is 5.69 Å². The Balaban J connectivity index is 1.84. The lowest BCUT2D eigenvalue weighted by atomic mass is 10.2. The summed E-state index contributed by atoms with van der Waals surface area (Å²) in [6.07, 6.45) is 1.91. The van der Waals surface area contributed by atoms with E-state index in [1.54, 1.807) is 0 Å². The van der Waals surface area contributed by atoms with Gasteiger partial charge in [-0.25, -0.2) is 0 Å². The first kappa shape index (κ1) is 15.3. The van der Waals surface area contributed by atoms with Crippen LogP contribution >= 0.6 is 0 Å². The molecule has 1 saturated heterocycles. The molecule has 0 saturated carbocycles. The Labute approximate surface area is 122 Å². The van der Waals surface area contributed by atoms with Crippen molar-refractivity contribution in [3.8, 4) is 0 Å². The highest BCUT2D eigenvalue weighted by Crippen LogP contribution is 2.14. The highest BCUT2D eigenvalue weighted by atomic mass is 16.5. The maximum absolute atomic E-state index is 8.94. The van der Waals surface area contributed by atoms with Crippen LogP contribution in [-0.4, -0.2) is 62.6 Å². The Hall–Kier alpha value is -1.10. The molecule has 0 unspecified atom stereocenters. The van der Waals surface area contributed by atoms with Gasteiger partial charge >= 0.3 is 0 Å². The second-order valence-corrected chi connectivity index (χ2v) is 5.21. The highest BCUT2D eigenvalue weighted by Gasteiger charge is 2.12. The van der Waals surface area contributed by atoms with Crippen molar-refractivity contribution in [2.24, 2.45) is 0 Å². The van der Waals surface area contributed by atoms with Gasteiger partial charge in [0.25, 0.3) is 0 Å². The van der Waals surface area contributed by atoms with E-state index in [0.717, 1.165) is 58.8 Å². The summed E-state index contributed by atoms with van der Waals surface area (Å²) in [5.74, 6) is 0. The molecule has 4 nitrogen and oxygen atoms in total. The topological polar surface area (TPSA) is 35.9 Å². The number of unbranched alkanes of at least 4 members (excludes halogenated alkanes) is 1. The van der Waals surface area contributed by atoms with E-state index in [1.165, 1.54) is 5.69 Å². The number of anilines is 1. The normalized spacial score (nSPS) is 16.2. The third-order valence-electron chi connectivity index (χ3n) is 3.75. The van der Waals surface area contributed by atoms with Crippen LogP contribution in [0, 0.1) is 0 Å². The van der Waals surface area contributed by atoms with Crippen LogP contribution in [0.2, 0.25) is 0 Å². The molecule has 0 atom stereocenters. The molecule has 0 spiro atoms. The maximum Gasteiger partial charge on any atom is 0.0594 e. The number of rotatable bonds is 8. The minimum Gasteiger partial charge on any atom is -0.396 e. The summed E-state index contributed by atoms with van der Waals surface area (Å²) in [5.41, 5.74) is 1.28. The highest BCUT2D eigenvalue weighted by molar-refractivity contribution is 5.45. The lowest BCUT2D eigenvalue weighted by Gasteiger charge is -2.31. The van der Waals surface area contributed by atoms with E-state index in [2.05, 4.69) is 40.1 Å². The van der Waals surface area contributed by atoms with E-state index in [4.69, 9.17) is 9.84 Å². The largest absolute Gasteiger partial charge is 0.396 e. The standard InChI is InChI=1S/C16H26N2O2/c19-13-5-4-8-18(16-6-2-1-3-7-16)10-9-17-11-14-20-15-12-17/h1-3,6-7,19H,4-5,8-15H2. The van der Waals surface area contributed by atoms with Gasteiger partial charge in [-0.05, 0) is 25.0 Å². The zero-order valence-electron chi connectivity index (χ0n) is 12.2. The minimum atomic E-state index is 0.284. The number of aliphatic hydroxyl groups is 1. The quantitative estimate of drug-likeness (QED) is 0.733. The fourth-order valence-corrected chi connectivity index (χ4v) is 2.51. The van der Waals surface area contributed by atoms with Crippen LogP contribution < -0.4 is 4.90 Å². The second kappa shape index (κ2) is 8.95. The number of morpholine rings is 1. The Kier molecular flexibility index (Phi) is 6.84. The van der Waals surface area contributed by atoms with Crippen LogP contribution in [-0.2, 0) is 4.74 Å². The van der Waals surface area contributed by atoms with Crippen LogP contribution in [0.15, 0.2) is 30.3 Å². The molecule has 1 heterocycles. The van der Waals surface area contributed by atoms with Gasteiger partial charge < -0.3 is 14.7 Å². The summed E-state index contributed by atoms with van der Waals surface area (Å²) in [7, 11) is 0. The van der Waals surface area contributed by atoms with Crippen molar-refractivity contribution < 1.29 is 9.84 Å². The fourth-order valence-electron chi connectivity index (χ4n) is 2.51. The first-order valence-electron chi connectivity index (χ1n) is 7.61. The van der Waals surface area contributed by atoms with E-state index in [1.807, 2.05) is 0 Å². The molecule has 0 radical (unpaired) electrons. The van der Waals surface area contributed by atoms with Crippen molar-refractivity contribution in [2.45, 2.75) is 12.8 Å². The summed E-state index contributed by atoms with van der Waals surface area (Å²) in [6.45, 7) is 7.21. The minimum absolute atomic E-state index is 0.284. The summed E-state index contributed by atoms with van der Waals surface area (Å²) < 4.78 is 5.39. The average molecular weight is 278 g/mol. The second-order valence-electron chi connectivity index (χ2n) is 5.21. The van der Waals surface area contributed by atoms with Gasteiger partial charge in [0.15, 0.2) is 0 Å². The van der Waals surface area contributed by atoms with E-state index < -0.39 is 0 Å². The van der Waals surface area contributed by atoms with Crippen LogP contribution in [0.25, 0.3) is 0 Å². The summed E-state index contributed by atoms with van der Waals surface area (Å²) in [5, 5.41) is 8.94. The predicted molar refractivity (Wildman–Crippen MR) is 82.2 cm³/mol. The predicted octanol–water partition coefficient (Wildman–Crippen LogP) is 1.60. The number of benzene rings is 1.